The largest absolute Gasteiger partial charge is 0.492 e. The van der Waals surface area contributed by atoms with Crippen molar-refractivity contribution < 1.29 is 17.9 Å². The van der Waals surface area contributed by atoms with Crippen LogP contribution < -0.4 is 10.1 Å². The van der Waals surface area contributed by atoms with Crippen molar-refractivity contribution in [3.05, 3.63) is 59.8 Å². The molecule has 0 aliphatic carbocycles. The molecule has 0 radical (unpaired) electrons. The van der Waals surface area contributed by atoms with Crippen LogP contribution in [-0.4, -0.2) is 53.1 Å². The Labute approximate surface area is 213 Å². The Morgan fingerprint density at radius 1 is 1.11 bits per heavy atom. The summed E-state index contributed by atoms with van der Waals surface area (Å²) in [5, 5.41) is 8.01. The van der Waals surface area contributed by atoms with E-state index in [1.165, 1.54) is 39.9 Å². The van der Waals surface area contributed by atoms with Crippen LogP contribution >= 0.6 is 11.3 Å². The molecule has 36 heavy (non-hydrogen) atoms. The molecule has 2 aromatic carbocycles. The fraction of sp³-hybridized carbons (Fsp3) is 0.320. The lowest BCUT2D eigenvalue weighted by Crippen LogP contribution is -2.35. The summed E-state index contributed by atoms with van der Waals surface area (Å²) < 4.78 is 35.6. The number of carbonyl (C=O) groups is 1. The van der Waals surface area contributed by atoms with Crippen LogP contribution in [0.2, 0.25) is 0 Å². The lowest BCUT2D eigenvalue weighted by Gasteiger charge is -2.25. The molecule has 0 saturated carbocycles. The summed E-state index contributed by atoms with van der Waals surface area (Å²) in [4.78, 5) is 17.9. The van der Waals surface area contributed by atoms with Gasteiger partial charge in [0.25, 0.3) is 5.91 Å². The smallest absolute Gasteiger partial charge is 0.256 e. The van der Waals surface area contributed by atoms with Gasteiger partial charge in [-0.3, -0.25) is 4.79 Å². The Morgan fingerprint density at radius 2 is 1.86 bits per heavy atom. The van der Waals surface area contributed by atoms with Crippen molar-refractivity contribution in [2.24, 2.45) is 0 Å². The van der Waals surface area contributed by atoms with E-state index in [1.54, 1.807) is 10.7 Å². The number of nitrogens with one attached hydrogen (secondary N) is 1. The highest BCUT2D eigenvalue weighted by atomic mass is 32.2. The summed E-state index contributed by atoms with van der Waals surface area (Å²) in [6.07, 6.45) is 2.79. The van der Waals surface area contributed by atoms with E-state index in [0.29, 0.717) is 42.0 Å². The number of hydrogen-bond acceptors (Lipinski definition) is 7. The van der Waals surface area contributed by atoms with E-state index >= 15 is 0 Å². The molecule has 0 spiro atoms. The fourth-order valence-electron chi connectivity index (χ4n) is 4.23. The van der Waals surface area contributed by atoms with Crippen LogP contribution in [0.5, 0.6) is 5.75 Å². The quantitative estimate of drug-likeness (QED) is 0.378. The van der Waals surface area contributed by atoms with Crippen LogP contribution in [0.4, 0.5) is 5.82 Å². The molecule has 11 heteroatoms. The molecule has 5 rings (SSSR count). The van der Waals surface area contributed by atoms with Gasteiger partial charge in [-0.05, 0) is 63.1 Å². The number of ether oxygens (including phenoxy) is 1. The molecule has 0 bridgehead atoms. The van der Waals surface area contributed by atoms with E-state index in [0.717, 1.165) is 35.2 Å². The van der Waals surface area contributed by atoms with Gasteiger partial charge in [-0.2, -0.15) is 14.1 Å². The lowest BCUT2D eigenvalue weighted by atomic mass is 10.2. The summed E-state index contributed by atoms with van der Waals surface area (Å²) >= 11 is 1.45. The van der Waals surface area contributed by atoms with Crippen LogP contribution in [0.1, 0.15) is 42.2 Å². The lowest BCUT2D eigenvalue weighted by molar-refractivity contribution is 0.102. The third kappa shape index (κ3) is 4.73. The second kappa shape index (κ2) is 10.00. The number of para-hydroxylation sites is 1. The van der Waals surface area contributed by atoms with Gasteiger partial charge in [0.2, 0.25) is 15.2 Å². The number of amides is 1. The highest BCUT2D eigenvalue weighted by molar-refractivity contribution is 7.89. The molecule has 1 aliphatic rings. The summed E-state index contributed by atoms with van der Waals surface area (Å²) in [5.41, 5.74) is 1.81. The molecule has 1 aliphatic heterocycles. The van der Waals surface area contributed by atoms with Gasteiger partial charge in [0.05, 0.1) is 21.9 Å². The molecule has 3 heterocycles. The Morgan fingerprint density at radius 3 is 2.58 bits per heavy atom. The summed E-state index contributed by atoms with van der Waals surface area (Å²) in [6, 6.07) is 13.6. The van der Waals surface area contributed by atoms with Crippen molar-refractivity contribution in [3.63, 3.8) is 0 Å². The second-order valence-corrected chi connectivity index (χ2v) is 11.5. The third-order valence-electron chi connectivity index (χ3n) is 5.99. The highest BCUT2D eigenvalue weighted by Crippen LogP contribution is 2.33. The maximum atomic E-state index is 13.0. The standard InChI is InChI=1S/C25H27N5O4S2/c1-3-34-20-8-7-9-21-23(20)27-25(35-21)30-22(16-17(2)28-30)26-24(31)18-10-12-19(13-11-18)36(32,33)29-14-5-4-6-15-29/h7-13,16H,3-6,14-15H2,1-2H3,(H,26,31). The summed E-state index contributed by atoms with van der Waals surface area (Å²) in [6.45, 7) is 5.36. The van der Waals surface area contributed by atoms with Crippen molar-refractivity contribution in [2.45, 2.75) is 38.0 Å². The number of thiazole rings is 1. The molecule has 2 aromatic heterocycles. The van der Waals surface area contributed by atoms with Crippen molar-refractivity contribution in [1.82, 2.24) is 19.1 Å². The molecular weight excluding hydrogens is 498 g/mol. The van der Waals surface area contributed by atoms with Gasteiger partial charge < -0.3 is 10.1 Å². The van der Waals surface area contributed by atoms with Crippen molar-refractivity contribution >= 4 is 43.3 Å². The average Bonchev–Trinajstić information content (AvgIpc) is 3.48. The van der Waals surface area contributed by atoms with Gasteiger partial charge in [-0.1, -0.05) is 23.8 Å². The maximum Gasteiger partial charge on any atom is 0.256 e. The van der Waals surface area contributed by atoms with Gasteiger partial charge >= 0.3 is 0 Å². The van der Waals surface area contributed by atoms with E-state index in [9.17, 15) is 13.2 Å². The number of piperidine rings is 1. The molecule has 1 N–H and O–H groups in total. The number of fused-ring (bicyclic) bond motifs is 1. The molecule has 1 fully saturated rings. The molecule has 0 unspecified atom stereocenters. The molecule has 188 valence electrons. The summed E-state index contributed by atoms with van der Waals surface area (Å²) in [5.74, 6) is 0.806. The minimum atomic E-state index is -3.55. The van der Waals surface area contributed by atoms with Gasteiger partial charge in [-0.25, -0.2) is 13.4 Å². The first-order chi connectivity index (χ1) is 17.4. The zero-order chi connectivity index (χ0) is 25.3. The first kappa shape index (κ1) is 24.4. The number of aromatic nitrogens is 3. The second-order valence-electron chi connectivity index (χ2n) is 8.56. The van der Waals surface area contributed by atoms with E-state index in [4.69, 9.17) is 9.72 Å². The predicted octanol–water partition coefficient (Wildman–Crippen LogP) is 4.62. The van der Waals surface area contributed by atoms with E-state index in [-0.39, 0.29) is 10.8 Å². The Balaban J connectivity index is 1.38. The van der Waals surface area contributed by atoms with Crippen molar-refractivity contribution in [1.29, 1.82) is 0 Å². The maximum absolute atomic E-state index is 13.0. The molecule has 0 atom stereocenters. The monoisotopic (exact) mass is 525 g/mol. The highest BCUT2D eigenvalue weighted by Gasteiger charge is 2.26. The predicted molar refractivity (Wildman–Crippen MR) is 140 cm³/mol. The number of anilines is 1. The number of nitrogens with zero attached hydrogens (tertiary/aromatic N) is 4. The topological polar surface area (TPSA) is 106 Å². The Bertz CT molecular complexity index is 1500. The first-order valence-corrected chi connectivity index (χ1v) is 14.1. The van der Waals surface area contributed by atoms with Crippen LogP contribution in [0.15, 0.2) is 53.4 Å². The normalized spacial score (nSPS) is 14.7. The first-order valence-electron chi connectivity index (χ1n) is 11.9. The Hall–Kier alpha value is -3.28. The Kier molecular flexibility index (Phi) is 6.78. The number of carbonyl (C=O) groups excluding carboxylic acids is 1. The molecule has 9 nitrogen and oxygen atoms in total. The third-order valence-corrected chi connectivity index (χ3v) is 8.90. The number of benzene rings is 2. The summed E-state index contributed by atoms with van der Waals surface area (Å²) in [7, 11) is -3.55. The average molecular weight is 526 g/mol. The van der Waals surface area contributed by atoms with E-state index in [1.807, 2.05) is 32.0 Å². The number of sulfonamides is 1. The molecular formula is C25H27N5O4S2. The minimum Gasteiger partial charge on any atom is -0.492 e. The van der Waals surface area contributed by atoms with Crippen LogP contribution in [0.3, 0.4) is 0 Å². The van der Waals surface area contributed by atoms with Gasteiger partial charge in [0.1, 0.15) is 17.1 Å². The van der Waals surface area contributed by atoms with Gasteiger partial charge in [-0.15, -0.1) is 0 Å². The SMILES string of the molecule is CCOc1cccc2sc(-n3nc(C)cc3NC(=O)c3ccc(S(=O)(=O)N4CCCCC4)cc3)nc12. The fourth-order valence-corrected chi connectivity index (χ4v) is 6.70. The van der Waals surface area contributed by atoms with Crippen LogP contribution in [0, 0.1) is 6.92 Å². The molecule has 1 saturated heterocycles. The molecule has 4 aromatic rings. The minimum absolute atomic E-state index is 0.196. The number of rotatable bonds is 7. The van der Waals surface area contributed by atoms with Gasteiger partial charge in [0.15, 0.2) is 0 Å². The van der Waals surface area contributed by atoms with Crippen LogP contribution in [0.25, 0.3) is 15.3 Å². The zero-order valence-corrected chi connectivity index (χ0v) is 21.7. The van der Waals surface area contributed by atoms with Crippen molar-refractivity contribution in [3.8, 4) is 10.9 Å². The van der Waals surface area contributed by atoms with Gasteiger partial charge in [0, 0.05) is 24.7 Å². The van der Waals surface area contributed by atoms with E-state index < -0.39 is 10.0 Å². The number of aryl methyl sites for hydroxylation is 1. The van der Waals surface area contributed by atoms with Crippen molar-refractivity contribution in [2.75, 3.05) is 25.0 Å². The zero-order valence-electron chi connectivity index (χ0n) is 20.1. The van der Waals surface area contributed by atoms with E-state index in [2.05, 4.69) is 10.4 Å². The van der Waals surface area contributed by atoms with Crippen LogP contribution in [-0.2, 0) is 10.0 Å². The number of hydrogen-bond donors (Lipinski definition) is 1. The molecule has 1 amide bonds.